The Kier molecular flexibility index (Phi) is 9.60. The molecule has 2 aromatic carbocycles. The summed E-state index contributed by atoms with van der Waals surface area (Å²) in [5.74, 6) is -0.263. The second-order valence-corrected chi connectivity index (χ2v) is 13.3. The van der Waals surface area contributed by atoms with E-state index in [1.54, 1.807) is 35.7 Å². The molecule has 10 nitrogen and oxygen atoms in total. The van der Waals surface area contributed by atoms with Gasteiger partial charge in [0.2, 0.25) is 5.13 Å². The zero-order valence-corrected chi connectivity index (χ0v) is 28.2. The van der Waals surface area contributed by atoms with E-state index in [1.807, 2.05) is 32.0 Å². The zero-order chi connectivity index (χ0) is 33.1. The zero-order valence-electron chi connectivity index (χ0n) is 26.6. The number of ether oxygens (including phenoxy) is 2. The summed E-state index contributed by atoms with van der Waals surface area (Å²) in [7, 11) is 0. The van der Waals surface area contributed by atoms with Crippen molar-refractivity contribution < 1.29 is 24.2 Å². The van der Waals surface area contributed by atoms with E-state index < -0.39 is 17.7 Å². The number of fused-ring (bicyclic) bond motifs is 1. The van der Waals surface area contributed by atoms with Gasteiger partial charge in [0.25, 0.3) is 5.78 Å². The van der Waals surface area contributed by atoms with Crippen molar-refractivity contribution >= 4 is 51.3 Å². The molecule has 5 aromatic rings. The highest BCUT2D eigenvalue weighted by molar-refractivity contribution is 8.00. The Balaban J connectivity index is 1.45. The fourth-order valence-electron chi connectivity index (χ4n) is 5.47. The first-order valence-electron chi connectivity index (χ1n) is 15.5. The fraction of sp³-hybridized carbons (Fsp3) is 0.286. The van der Waals surface area contributed by atoms with Crippen molar-refractivity contribution in [2.45, 2.75) is 56.7 Å². The van der Waals surface area contributed by atoms with Crippen molar-refractivity contribution in [3.63, 3.8) is 0 Å². The number of pyridine rings is 1. The molecule has 1 N–H and O–H groups in total. The molecule has 1 fully saturated rings. The van der Waals surface area contributed by atoms with Gasteiger partial charge in [0.15, 0.2) is 21.6 Å². The summed E-state index contributed by atoms with van der Waals surface area (Å²) in [6.07, 6.45) is 3.62. The van der Waals surface area contributed by atoms with Crippen LogP contribution in [0.2, 0.25) is 0 Å². The Hall–Kier alpha value is -4.68. The lowest BCUT2D eigenvalue weighted by Gasteiger charge is -2.23. The van der Waals surface area contributed by atoms with Crippen LogP contribution in [-0.2, 0) is 15.3 Å². The van der Waals surface area contributed by atoms with Gasteiger partial charge in [-0.05, 0) is 62.6 Å². The van der Waals surface area contributed by atoms with E-state index in [1.165, 1.54) is 33.6 Å². The Morgan fingerprint density at radius 2 is 1.81 bits per heavy atom. The van der Waals surface area contributed by atoms with Crippen molar-refractivity contribution in [2.75, 3.05) is 18.1 Å². The summed E-state index contributed by atoms with van der Waals surface area (Å²) in [5.41, 5.74) is 4.23. The maximum Gasteiger partial charge on any atom is 0.301 e. The maximum atomic E-state index is 13.9. The predicted molar refractivity (Wildman–Crippen MR) is 183 cm³/mol. The lowest BCUT2D eigenvalue weighted by molar-refractivity contribution is -0.132. The second-order valence-electron chi connectivity index (χ2n) is 11.1. The smallest absolute Gasteiger partial charge is 0.301 e. The number of imidazole rings is 1. The summed E-state index contributed by atoms with van der Waals surface area (Å²) in [4.78, 5) is 33.7. The number of aromatic nitrogens is 4. The highest BCUT2D eigenvalue weighted by Gasteiger charge is 2.49. The number of aliphatic hydroxyl groups is 1. The molecule has 1 aliphatic heterocycles. The second kappa shape index (κ2) is 14.0. The molecule has 6 rings (SSSR count). The van der Waals surface area contributed by atoms with Gasteiger partial charge in [-0.3, -0.25) is 18.9 Å². The monoisotopic (exact) mass is 669 g/mol. The number of hydrogen-bond donors (Lipinski definition) is 1. The normalized spacial score (nSPS) is 15.9. The number of benzene rings is 2. The van der Waals surface area contributed by atoms with E-state index in [0.29, 0.717) is 57.4 Å². The van der Waals surface area contributed by atoms with E-state index >= 15 is 0 Å². The Labute approximate surface area is 281 Å². The first-order chi connectivity index (χ1) is 22.8. The fourth-order valence-corrected chi connectivity index (χ4v) is 7.29. The number of anilines is 1. The summed E-state index contributed by atoms with van der Waals surface area (Å²) in [6, 6.07) is 18.0. The van der Waals surface area contributed by atoms with Crippen molar-refractivity contribution in [1.29, 1.82) is 0 Å². The van der Waals surface area contributed by atoms with Gasteiger partial charge >= 0.3 is 5.91 Å². The van der Waals surface area contributed by atoms with Crippen LogP contribution in [0.1, 0.15) is 60.8 Å². The van der Waals surface area contributed by atoms with Crippen LogP contribution in [0.25, 0.3) is 11.4 Å². The van der Waals surface area contributed by atoms with Gasteiger partial charge in [0.05, 0.1) is 30.5 Å². The third-order valence-corrected chi connectivity index (χ3v) is 9.92. The van der Waals surface area contributed by atoms with Crippen LogP contribution >= 0.6 is 23.1 Å². The Bertz CT molecular complexity index is 1970. The number of ketones is 1. The molecule has 12 heteroatoms. The number of nitrogens with zero attached hydrogens (tertiary/aromatic N) is 5. The van der Waals surface area contributed by atoms with Crippen LogP contribution in [0.5, 0.6) is 11.5 Å². The molecule has 1 atom stereocenters. The number of rotatable bonds is 12. The minimum Gasteiger partial charge on any atom is -0.505 e. The molecular weight excluding hydrogens is 635 g/mol. The number of aryl methyl sites for hydroxylation is 2. The summed E-state index contributed by atoms with van der Waals surface area (Å²) in [6.45, 7) is 8.66. The van der Waals surface area contributed by atoms with Crippen molar-refractivity contribution in [3.05, 3.63) is 101 Å². The molecule has 4 heterocycles. The highest BCUT2D eigenvalue weighted by Crippen LogP contribution is 2.46. The standard InChI is InChI=1S/C35H35N5O5S2/c1-5-7-18-45-25-16-15-24(19-26(25)44-6-2)30-28(31(41)29-22(4)36-27-10-8-9-17-39(27)29)32(42)33(43)40(30)34-37-38-35(47-34)46-20-23-13-11-21(3)12-14-23/h8-17,19,30,41H,5-7,18,20H2,1-4H3. The highest BCUT2D eigenvalue weighted by atomic mass is 32.2. The van der Waals surface area contributed by atoms with Crippen molar-refractivity contribution in [3.8, 4) is 11.5 Å². The predicted octanol–water partition coefficient (Wildman–Crippen LogP) is 7.30. The summed E-state index contributed by atoms with van der Waals surface area (Å²) in [5, 5.41) is 20.9. The topological polar surface area (TPSA) is 119 Å². The number of unbranched alkanes of at least 4 members (excludes halogenated alkanes) is 1. The lowest BCUT2D eigenvalue weighted by atomic mass is 9.96. The van der Waals surface area contributed by atoms with E-state index in [2.05, 4.69) is 46.4 Å². The molecular formula is C35H35N5O5S2. The molecule has 1 amide bonds. The first kappa shape index (κ1) is 32.3. The number of thioether (sulfide) groups is 1. The molecule has 242 valence electrons. The van der Waals surface area contributed by atoms with Crippen LogP contribution in [0.15, 0.2) is 76.8 Å². The van der Waals surface area contributed by atoms with Gasteiger partial charge < -0.3 is 14.6 Å². The van der Waals surface area contributed by atoms with Gasteiger partial charge in [-0.1, -0.05) is 78.4 Å². The van der Waals surface area contributed by atoms with Crippen LogP contribution in [-0.4, -0.2) is 49.6 Å². The molecule has 1 aliphatic rings. The molecule has 0 aliphatic carbocycles. The number of carbonyl (C=O) groups excluding carboxylic acids is 2. The minimum absolute atomic E-state index is 0.0742. The third kappa shape index (κ3) is 6.48. The molecule has 1 saturated heterocycles. The first-order valence-corrected chi connectivity index (χ1v) is 17.3. The van der Waals surface area contributed by atoms with E-state index in [9.17, 15) is 14.7 Å². The van der Waals surface area contributed by atoms with Gasteiger partial charge in [-0.15, -0.1) is 10.2 Å². The van der Waals surface area contributed by atoms with E-state index in [-0.39, 0.29) is 16.5 Å². The van der Waals surface area contributed by atoms with Crippen LogP contribution in [0.4, 0.5) is 5.13 Å². The Morgan fingerprint density at radius 3 is 2.57 bits per heavy atom. The molecule has 0 saturated carbocycles. The lowest BCUT2D eigenvalue weighted by Crippen LogP contribution is -2.29. The SMILES string of the molecule is CCCCOc1ccc(C2C(=C(O)c3c(C)nc4ccccn34)C(=O)C(=O)N2c2nnc(SCc3ccc(C)cc3)s2)cc1OCC. The number of aliphatic hydroxyl groups excluding tert-OH is 1. The molecule has 3 aromatic heterocycles. The van der Waals surface area contributed by atoms with Gasteiger partial charge in [0, 0.05) is 11.9 Å². The van der Waals surface area contributed by atoms with Crippen molar-refractivity contribution in [1.82, 2.24) is 19.6 Å². The molecule has 0 spiro atoms. The average Bonchev–Trinajstić information content (AvgIpc) is 3.74. The Morgan fingerprint density at radius 1 is 1.00 bits per heavy atom. The van der Waals surface area contributed by atoms with Crippen LogP contribution < -0.4 is 14.4 Å². The molecule has 1 unspecified atom stereocenters. The number of hydrogen-bond acceptors (Lipinski definition) is 10. The third-order valence-electron chi connectivity index (χ3n) is 7.80. The van der Waals surface area contributed by atoms with Gasteiger partial charge in [-0.25, -0.2) is 4.98 Å². The molecule has 47 heavy (non-hydrogen) atoms. The number of amides is 1. The minimum atomic E-state index is -1.02. The average molecular weight is 670 g/mol. The summed E-state index contributed by atoms with van der Waals surface area (Å²) >= 11 is 2.72. The van der Waals surface area contributed by atoms with E-state index in [0.717, 1.165) is 18.4 Å². The van der Waals surface area contributed by atoms with E-state index in [4.69, 9.17) is 9.47 Å². The molecule has 0 radical (unpaired) electrons. The quantitative estimate of drug-likeness (QED) is 0.0365. The molecule has 0 bridgehead atoms. The number of carbonyl (C=O) groups is 2. The van der Waals surface area contributed by atoms with Crippen LogP contribution in [0.3, 0.4) is 0 Å². The van der Waals surface area contributed by atoms with Crippen molar-refractivity contribution in [2.24, 2.45) is 0 Å². The summed E-state index contributed by atoms with van der Waals surface area (Å²) < 4.78 is 14.3. The largest absolute Gasteiger partial charge is 0.505 e. The van der Waals surface area contributed by atoms with Crippen LogP contribution in [0, 0.1) is 13.8 Å². The maximum absolute atomic E-state index is 13.9. The van der Waals surface area contributed by atoms with Gasteiger partial charge in [-0.2, -0.15) is 0 Å². The van der Waals surface area contributed by atoms with Gasteiger partial charge in [0.1, 0.15) is 11.3 Å². The number of Topliss-reactive ketones (excluding diaryl/α,β-unsaturated/α-hetero) is 1.